The molecule has 21 heavy (non-hydrogen) atoms. The summed E-state index contributed by atoms with van der Waals surface area (Å²) in [5.74, 6) is 1.42. The van der Waals surface area contributed by atoms with Crippen molar-refractivity contribution in [3.63, 3.8) is 0 Å². The summed E-state index contributed by atoms with van der Waals surface area (Å²) >= 11 is 0. The van der Waals surface area contributed by atoms with E-state index in [1.165, 1.54) is 0 Å². The van der Waals surface area contributed by atoms with Crippen molar-refractivity contribution in [2.24, 2.45) is 0 Å². The Balaban J connectivity index is 1.90. The predicted molar refractivity (Wildman–Crippen MR) is 83.5 cm³/mol. The van der Waals surface area contributed by atoms with Gasteiger partial charge in [0.15, 0.2) is 0 Å². The maximum atomic E-state index is 5.77. The zero-order valence-corrected chi connectivity index (χ0v) is 12.9. The molecule has 2 rings (SSSR count). The lowest BCUT2D eigenvalue weighted by molar-refractivity contribution is 0.0398. The number of nitrogens with one attached hydrogen (secondary N) is 1. The fourth-order valence-corrected chi connectivity index (χ4v) is 2.26. The number of ether oxygens (including phenoxy) is 1. The minimum Gasteiger partial charge on any atom is -0.379 e. The molecule has 1 aromatic heterocycles. The molecule has 1 saturated heterocycles. The van der Waals surface area contributed by atoms with E-state index in [-0.39, 0.29) is 5.95 Å². The van der Waals surface area contributed by atoms with Crippen LogP contribution in [-0.2, 0) is 4.74 Å². The van der Waals surface area contributed by atoms with Crippen LogP contribution in [0.1, 0.15) is 13.8 Å². The van der Waals surface area contributed by atoms with Crippen molar-refractivity contribution in [2.45, 2.75) is 13.8 Å². The largest absolute Gasteiger partial charge is 0.379 e. The van der Waals surface area contributed by atoms with E-state index in [1.54, 1.807) is 0 Å². The molecule has 1 aliphatic heterocycles. The zero-order valence-electron chi connectivity index (χ0n) is 12.9. The molecule has 0 unspecified atom stereocenters. The van der Waals surface area contributed by atoms with Gasteiger partial charge in [-0.15, -0.1) is 0 Å². The van der Waals surface area contributed by atoms with Crippen molar-refractivity contribution in [2.75, 3.05) is 68.4 Å². The molecule has 8 heteroatoms. The molecule has 8 nitrogen and oxygen atoms in total. The summed E-state index contributed by atoms with van der Waals surface area (Å²) < 4.78 is 5.33. The van der Waals surface area contributed by atoms with Crippen LogP contribution in [0.3, 0.4) is 0 Å². The summed E-state index contributed by atoms with van der Waals surface area (Å²) in [7, 11) is 0. The monoisotopic (exact) mass is 295 g/mol. The Morgan fingerprint density at radius 2 is 1.90 bits per heavy atom. The van der Waals surface area contributed by atoms with Crippen LogP contribution >= 0.6 is 0 Å². The highest BCUT2D eigenvalue weighted by molar-refractivity contribution is 5.41. The number of hydrogen-bond acceptors (Lipinski definition) is 8. The summed E-state index contributed by atoms with van der Waals surface area (Å²) in [6.45, 7) is 11.1. The molecule has 1 aromatic rings. The first-order valence-corrected chi connectivity index (χ1v) is 7.53. The third kappa shape index (κ3) is 4.68. The zero-order chi connectivity index (χ0) is 15.1. The first-order chi connectivity index (χ1) is 10.2. The number of nitrogen functional groups attached to an aromatic ring is 1. The van der Waals surface area contributed by atoms with Crippen LogP contribution in [0.4, 0.5) is 17.8 Å². The average Bonchev–Trinajstić information content (AvgIpc) is 2.49. The molecule has 0 aromatic carbocycles. The lowest BCUT2D eigenvalue weighted by Crippen LogP contribution is -2.39. The van der Waals surface area contributed by atoms with Crippen molar-refractivity contribution in [3.05, 3.63) is 0 Å². The third-order valence-corrected chi connectivity index (χ3v) is 3.50. The fourth-order valence-electron chi connectivity index (χ4n) is 2.26. The number of morpholine rings is 1. The number of hydrogen-bond donors (Lipinski definition) is 2. The van der Waals surface area contributed by atoms with Crippen LogP contribution in [-0.4, -0.2) is 72.3 Å². The molecule has 0 atom stereocenters. The first-order valence-electron chi connectivity index (χ1n) is 7.53. The van der Waals surface area contributed by atoms with Gasteiger partial charge >= 0.3 is 0 Å². The number of rotatable bonds is 7. The van der Waals surface area contributed by atoms with Gasteiger partial charge in [0.2, 0.25) is 17.8 Å². The molecule has 1 fully saturated rings. The minimum atomic E-state index is 0.251. The van der Waals surface area contributed by atoms with Crippen molar-refractivity contribution in [1.82, 2.24) is 19.9 Å². The van der Waals surface area contributed by atoms with Gasteiger partial charge < -0.3 is 20.7 Å². The van der Waals surface area contributed by atoms with E-state index in [1.807, 2.05) is 4.90 Å². The number of anilines is 3. The van der Waals surface area contributed by atoms with Gasteiger partial charge in [0.25, 0.3) is 0 Å². The van der Waals surface area contributed by atoms with Crippen LogP contribution in [0.15, 0.2) is 0 Å². The molecule has 0 radical (unpaired) electrons. The minimum absolute atomic E-state index is 0.251. The Morgan fingerprint density at radius 3 is 2.57 bits per heavy atom. The van der Waals surface area contributed by atoms with Gasteiger partial charge in [-0.1, -0.05) is 0 Å². The Morgan fingerprint density at radius 1 is 1.19 bits per heavy atom. The van der Waals surface area contributed by atoms with Crippen molar-refractivity contribution >= 4 is 17.8 Å². The number of nitrogens with two attached hydrogens (primary N) is 1. The van der Waals surface area contributed by atoms with E-state index in [2.05, 4.69) is 39.0 Å². The van der Waals surface area contributed by atoms with Crippen LogP contribution in [0, 0.1) is 0 Å². The normalized spacial score (nSPS) is 15.9. The molecule has 0 bridgehead atoms. The quantitative estimate of drug-likeness (QED) is 0.728. The molecule has 0 aliphatic carbocycles. The smallest absolute Gasteiger partial charge is 0.231 e. The molecule has 3 N–H and O–H groups in total. The highest BCUT2D eigenvalue weighted by atomic mass is 16.5. The van der Waals surface area contributed by atoms with E-state index in [0.717, 1.165) is 52.5 Å². The second-order valence-corrected chi connectivity index (χ2v) is 4.87. The van der Waals surface area contributed by atoms with Gasteiger partial charge in [0, 0.05) is 39.3 Å². The number of aromatic nitrogens is 3. The van der Waals surface area contributed by atoms with Crippen LogP contribution in [0.5, 0.6) is 0 Å². The standard InChI is InChI=1S/C13H25N7O/c1-3-20(4-2)13-17-11(14)16-12(18-13)15-5-6-19-7-9-21-10-8-19/h3-10H2,1-2H3,(H3,14,15,16,17,18). The Bertz CT molecular complexity index is 433. The molecule has 0 saturated carbocycles. The summed E-state index contributed by atoms with van der Waals surface area (Å²) in [6.07, 6.45) is 0. The molecule has 2 heterocycles. The summed E-state index contributed by atoms with van der Waals surface area (Å²) in [6, 6.07) is 0. The van der Waals surface area contributed by atoms with Crippen LogP contribution < -0.4 is 16.0 Å². The fraction of sp³-hybridized carbons (Fsp3) is 0.769. The van der Waals surface area contributed by atoms with Gasteiger partial charge in [0.05, 0.1) is 13.2 Å². The maximum Gasteiger partial charge on any atom is 0.231 e. The summed E-state index contributed by atoms with van der Waals surface area (Å²) in [4.78, 5) is 17.2. The van der Waals surface area contributed by atoms with Gasteiger partial charge in [-0.3, -0.25) is 4.90 Å². The topological polar surface area (TPSA) is 92.4 Å². The van der Waals surface area contributed by atoms with Crippen LogP contribution in [0.25, 0.3) is 0 Å². The highest BCUT2D eigenvalue weighted by Gasteiger charge is 2.11. The average molecular weight is 295 g/mol. The van der Waals surface area contributed by atoms with Crippen molar-refractivity contribution in [3.8, 4) is 0 Å². The molecular weight excluding hydrogens is 270 g/mol. The Labute approximate surface area is 125 Å². The molecule has 118 valence electrons. The SMILES string of the molecule is CCN(CC)c1nc(N)nc(NCCN2CCOCC2)n1. The molecule has 1 aliphatic rings. The molecular formula is C13H25N7O. The van der Waals surface area contributed by atoms with E-state index >= 15 is 0 Å². The second-order valence-electron chi connectivity index (χ2n) is 4.87. The van der Waals surface area contributed by atoms with E-state index in [4.69, 9.17) is 10.5 Å². The van der Waals surface area contributed by atoms with E-state index in [9.17, 15) is 0 Å². The summed E-state index contributed by atoms with van der Waals surface area (Å²) in [5, 5.41) is 3.22. The van der Waals surface area contributed by atoms with Crippen molar-refractivity contribution < 1.29 is 4.74 Å². The first kappa shape index (κ1) is 15.7. The number of nitrogens with zero attached hydrogens (tertiary/aromatic N) is 5. The third-order valence-electron chi connectivity index (χ3n) is 3.50. The maximum absolute atomic E-state index is 5.77. The van der Waals surface area contributed by atoms with Crippen molar-refractivity contribution in [1.29, 1.82) is 0 Å². The Hall–Kier alpha value is -1.67. The Kier molecular flexibility index (Phi) is 5.94. The van der Waals surface area contributed by atoms with Crippen LogP contribution in [0.2, 0.25) is 0 Å². The molecule has 0 amide bonds. The van der Waals surface area contributed by atoms with E-state index < -0.39 is 0 Å². The molecule has 0 spiro atoms. The van der Waals surface area contributed by atoms with Gasteiger partial charge in [-0.25, -0.2) is 0 Å². The second kappa shape index (κ2) is 7.94. The van der Waals surface area contributed by atoms with Gasteiger partial charge in [-0.2, -0.15) is 15.0 Å². The van der Waals surface area contributed by atoms with E-state index in [0.29, 0.717) is 11.9 Å². The lowest BCUT2D eigenvalue weighted by atomic mass is 10.4. The lowest BCUT2D eigenvalue weighted by Gasteiger charge is -2.26. The highest BCUT2D eigenvalue weighted by Crippen LogP contribution is 2.11. The summed E-state index contributed by atoms with van der Waals surface area (Å²) in [5.41, 5.74) is 5.77. The van der Waals surface area contributed by atoms with Gasteiger partial charge in [0.1, 0.15) is 0 Å². The van der Waals surface area contributed by atoms with Gasteiger partial charge in [-0.05, 0) is 13.8 Å². The predicted octanol–water partition coefficient (Wildman–Crippen LogP) is 0.0441.